The second kappa shape index (κ2) is 9.11. The van der Waals surface area contributed by atoms with Crippen molar-refractivity contribution in [1.29, 1.82) is 0 Å². The van der Waals surface area contributed by atoms with E-state index in [1.165, 1.54) is 28.4 Å². The van der Waals surface area contributed by atoms with Crippen molar-refractivity contribution in [3.63, 3.8) is 0 Å². The Morgan fingerprint density at radius 1 is 1.08 bits per heavy atom. The summed E-state index contributed by atoms with van der Waals surface area (Å²) in [6.45, 7) is 0.772. The minimum atomic E-state index is -3.52. The summed E-state index contributed by atoms with van der Waals surface area (Å²) in [6, 6.07) is 6.05. The van der Waals surface area contributed by atoms with Gasteiger partial charge in [0.2, 0.25) is 15.9 Å². The highest BCUT2D eigenvalue weighted by Crippen LogP contribution is 2.21. The summed E-state index contributed by atoms with van der Waals surface area (Å²) < 4.78 is 26.9. The van der Waals surface area contributed by atoms with Crippen LogP contribution < -0.4 is 5.32 Å². The number of carbonyl (C=O) groups is 2. The minimum absolute atomic E-state index is 0.0693. The van der Waals surface area contributed by atoms with Gasteiger partial charge in [-0.05, 0) is 44.2 Å². The Kier molecular flexibility index (Phi) is 7.13. The first-order chi connectivity index (χ1) is 12.3. The number of rotatable bonds is 7. The number of likely N-dealkylation sites (N-methyl/N-ethyl adjacent to an activating group) is 1. The highest BCUT2D eigenvalue weighted by Gasteiger charge is 2.25. The highest BCUT2D eigenvalue weighted by atomic mass is 32.2. The maximum Gasteiger partial charge on any atom is 0.317 e. The first-order valence-electron chi connectivity index (χ1n) is 8.59. The smallest absolute Gasteiger partial charge is 0.317 e. The molecule has 8 nitrogen and oxygen atoms in total. The molecule has 2 N–H and O–H groups in total. The van der Waals surface area contributed by atoms with E-state index in [1.54, 1.807) is 12.1 Å². The zero-order valence-electron chi connectivity index (χ0n) is 14.8. The van der Waals surface area contributed by atoms with E-state index in [2.05, 4.69) is 5.32 Å². The fourth-order valence-electron chi connectivity index (χ4n) is 2.87. The summed E-state index contributed by atoms with van der Waals surface area (Å²) in [4.78, 5) is 24.1. The number of carboxylic acids is 1. The van der Waals surface area contributed by atoms with Gasteiger partial charge in [0.1, 0.15) is 0 Å². The third-order valence-corrected chi connectivity index (χ3v) is 6.07. The van der Waals surface area contributed by atoms with Gasteiger partial charge in [0.05, 0.1) is 18.0 Å². The molecule has 0 aliphatic carbocycles. The van der Waals surface area contributed by atoms with E-state index in [4.69, 9.17) is 5.11 Å². The summed E-state index contributed by atoms with van der Waals surface area (Å²) in [5, 5.41) is 11.3. The summed E-state index contributed by atoms with van der Waals surface area (Å²) >= 11 is 0. The van der Waals surface area contributed by atoms with Crippen LogP contribution in [0.1, 0.15) is 25.7 Å². The molecule has 144 valence electrons. The molecule has 0 atom stereocenters. The van der Waals surface area contributed by atoms with Crippen molar-refractivity contribution in [3.05, 3.63) is 24.3 Å². The van der Waals surface area contributed by atoms with Crippen molar-refractivity contribution in [2.75, 3.05) is 38.5 Å². The van der Waals surface area contributed by atoms with Crippen molar-refractivity contribution in [2.24, 2.45) is 0 Å². The summed E-state index contributed by atoms with van der Waals surface area (Å²) in [7, 11) is -1.98. The maximum atomic E-state index is 12.7. The Morgan fingerprint density at radius 3 is 2.19 bits per heavy atom. The van der Waals surface area contributed by atoms with Crippen molar-refractivity contribution in [1.82, 2.24) is 9.21 Å². The van der Waals surface area contributed by atoms with Gasteiger partial charge in [-0.3, -0.25) is 14.5 Å². The number of carbonyl (C=O) groups excluding carboxylic acids is 1. The van der Waals surface area contributed by atoms with Gasteiger partial charge in [-0.2, -0.15) is 4.31 Å². The topological polar surface area (TPSA) is 107 Å². The van der Waals surface area contributed by atoms with Crippen LogP contribution in [0.15, 0.2) is 29.2 Å². The molecule has 1 aromatic carbocycles. The Bertz CT molecular complexity index is 725. The second-order valence-corrected chi connectivity index (χ2v) is 8.39. The molecule has 0 saturated carbocycles. The van der Waals surface area contributed by atoms with Gasteiger partial charge in [-0.1, -0.05) is 12.8 Å². The number of benzene rings is 1. The number of amides is 1. The van der Waals surface area contributed by atoms with Crippen molar-refractivity contribution in [2.45, 2.75) is 30.6 Å². The average Bonchev–Trinajstić information content (AvgIpc) is 2.84. The predicted molar refractivity (Wildman–Crippen MR) is 97.4 cm³/mol. The molecule has 26 heavy (non-hydrogen) atoms. The highest BCUT2D eigenvalue weighted by molar-refractivity contribution is 7.89. The van der Waals surface area contributed by atoms with Crippen LogP contribution in [0.3, 0.4) is 0 Å². The van der Waals surface area contributed by atoms with Gasteiger partial charge in [0, 0.05) is 18.8 Å². The van der Waals surface area contributed by atoms with E-state index in [-0.39, 0.29) is 23.9 Å². The van der Waals surface area contributed by atoms with Gasteiger partial charge >= 0.3 is 5.97 Å². The van der Waals surface area contributed by atoms with Gasteiger partial charge in [0.25, 0.3) is 0 Å². The van der Waals surface area contributed by atoms with Gasteiger partial charge in [-0.25, -0.2) is 8.42 Å². The lowest BCUT2D eigenvalue weighted by molar-refractivity contribution is -0.138. The minimum Gasteiger partial charge on any atom is -0.480 e. The van der Waals surface area contributed by atoms with E-state index >= 15 is 0 Å². The Labute approximate surface area is 153 Å². The van der Waals surface area contributed by atoms with Crippen LogP contribution in [-0.2, 0) is 19.6 Å². The standard InChI is InChI=1S/C17H25N3O5S/c1-19(13-17(22)23)12-16(21)18-14-6-8-15(9-7-14)26(24,25)20-10-4-2-3-5-11-20/h6-9H,2-5,10-13H2,1H3,(H,18,21)(H,22,23). The fraction of sp³-hybridized carbons (Fsp3) is 0.529. The average molecular weight is 383 g/mol. The molecular formula is C17H25N3O5S. The SMILES string of the molecule is CN(CC(=O)O)CC(=O)Nc1ccc(S(=O)(=O)N2CCCCCC2)cc1. The molecule has 0 bridgehead atoms. The monoisotopic (exact) mass is 383 g/mol. The Morgan fingerprint density at radius 2 is 1.65 bits per heavy atom. The molecule has 0 aromatic heterocycles. The van der Waals surface area contributed by atoms with Crippen molar-refractivity contribution < 1.29 is 23.1 Å². The molecule has 1 aliphatic heterocycles. The predicted octanol–water partition coefficient (Wildman–Crippen LogP) is 1.21. The molecule has 1 saturated heterocycles. The molecule has 0 spiro atoms. The molecule has 1 amide bonds. The molecule has 1 aromatic rings. The molecule has 1 aliphatic rings. The number of aliphatic carboxylic acids is 1. The Balaban J connectivity index is 1.98. The molecule has 0 radical (unpaired) electrons. The number of nitrogens with one attached hydrogen (secondary N) is 1. The molecular weight excluding hydrogens is 358 g/mol. The summed E-state index contributed by atoms with van der Waals surface area (Å²) in [6.07, 6.45) is 3.84. The van der Waals surface area contributed by atoms with E-state index in [9.17, 15) is 18.0 Å². The normalized spacial score (nSPS) is 16.2. The van der Waals surface area contributed by atoms with E-state index < -0.39 is 16.0 Å². The van der Waals surface area contributed by atoms with Crippen LogP contribution in [0.25, 0.3) is 0 Å². The number of carboxylic acid groups (broad SMARTS) is 1. The fourth-order valence-corrected chi connectivity index (χ4v) is 4.39. The van der Waals surface area contributed by atoms with Crippen LogP contribution in [-0.4, -0.2) is 67.8 Å². The molecule has 2 rings (SSSR count). The Hall–Kier alpha value is -1.97. The zero-order chi connectivity index (χ0) is 19.2. The quantitative estimate of drug-likeness (QED) is 0.733. The van der Waals surface area contributed by atoms with Crippen LogP contribution >= 0.6 is 0 Å². The number of anilines is 1. The maximum absolute atomic E-state index is 12.7. The zero-order valence-corrected chi connectivity index (χ0v) is 15.7. The molecule has 1 fully saturated rings. The van der Waals surface area contributed by atoms with Gasteiger partial charge < -0.3 is 10.4 Å². The molecule has 9 heteroatoms. The summed E-state index contributed by atoms with van der Waals surface area (Å²) in [5.41, 5.74) is 0.466. The third kappa shape index (κ3) is 5.79. The lowest BCUT2D eigenvalue weighted by Crippen LogP contribution is -2.34. The number of hydrogen-bond donors (Lipinski definition) is 2. The lowest BCUT2D eigenvalue weighted by Gasteiger charge is -2.20. The van der Waals surface area contributed by atoms with E-state index in [0.29, 0.717) is 18.8 Å². The van der Waals surface area contributed by atoms with Crippen LogP contribution in [0.4, 0.5) is 5.69 Å². The number of hydrogen-bond acceptors (Lipinski definition) is 5. The first-order valence-corrected chi connectivity index (χ1v) is 10.0. The van der Waals surface area contributed by atoms with Crippen molar-refractivity contribution in [3.8, 4) is 0 Å². The number of nitrogens with zero attached hydrogens (tertiary/aromatic N) is 2. The summed E-state index contributed by atoms with van der Waals surface area (Å²) in [5.74, 6) is -1.37. The lowest BCUT2D eigenvalue weighted by atomic mass is 10.2. The van der Waals surface area contributed by atoms with Crippen molar-refractivity contribution >= 4 is 27.6 Å². The third-order valence-electron chi connectivity index (χ3n) is 4.16. The first kappa shape index (κ1) is 20.3. The molecule has 0 unspecified atom stereocenters. The van der Waals surface area contributed by atoms with Gasteiger partial charge in [0.15, 0.2) is 0 Å². The largest absolute Gasteiger partial charge is 0.480 e. The van der Waals surface area contributed by atoms with E-state index in [0.717, 1.165) is 25.7 Å². The van der Waals surface area contributed by atoms with Crippen LogP contribution in [0.2, 0.25) is 0 Å². The number of sulfonamides is 1. The van der Waals surface area contributed by atoms with Gasteiger partial charge in [-0.15, -0.1) is 0 Å². The molecule has 1 heterocycles. The van der Waals surface area contributed by atoms with Crippen LogP contribution in [0, 0.1) is 0 Å². The van der Waals surface area contributed by atoms with E-state index in [1.807, 2.05) is 0 Å². The second-order valence-electron chi connectivity index (χ2n) is 6.46. The van der Waals surface area contributed by atoms with Crippen LogP contribution in [0.5, 0.6) is 0 Å².